The zero-order chi connectivity index (χ0) is 19.5. The molecule has 2 heterocycles. The highest BCUT2D eigenvalue weighted by atomic mass is 79.9. The van der Waals surface area contributed by atoms with Crippen LogP contribution in [0.3, 0.4) is 0 Å². The largest absolute Gasteiger partial charge is 0.337 e. The van der Waals surface area contributed by atoms with E-state index in [0.29, 0.717) is 17.2 Å². The third kappa shape index (κ3) is 5.01. The molecule has 0 unspecified atom stereocenters. The molecule has 4 aromatic rings. The standard InChI is InChI=1S/C20H16BrFN4OS.ClH/c21-15-5-6-17-18(12-15)28-20(24-17)26(9-2-8-25-10-7-23-13-25)19(27)14-3-1-4-16(22)11-14;/h1,3-7,10-13H,2,8-9H2;1H. The van der Waals surface area contributed by atoms with Crippen LogP contribution < -0.4 is 4.90 Å². The summed E-state index contributed by atoms with van der Waals surface area (Å²) in [6.45, 7) is 1.19. The number of halogens is 3. The minimum absolute atomic E-state index is 0. The van der Waals surface area contributed by atoms with Gasteiger partial charge in [-0.25, -0.2) is 14.4 Å². The highest BCUT2D eigenvalue weighted by Gasteiger charge is 2.21. The van der Waals surface area contributed by atoms with Gasteiger partial charge in [0.2, 0.25) is 0 Å². The van der Waals surface area contributed by atoms with Crippen LogP contribution >= 0.6 is 39.7 Å². The molecule has 0 spiro atoms. The fourth-order valence-corrected chi connectivity index (χ4v) is 4.44. The molecular formula is C20H17BrClFN4OS. The summed E-state index contributed by atoms with van der Waals surface area (Å²) in [4.78, 5) is 23.4. The van der Waals surface area contributed by atoms with E-state index in [4.69, 9.17) is 0 Å². The van der Waals surface area contributed by atoms with Crippen LogP contribution in [0.4, 0.5) is 9.52 Å². The molecule has 150 valence electrons. The summed E-state index contributed by atoms with van der Waals surface area (Å²) >= 11 is 4.91. The molecule has 0 N–H and O–H groups in total. The second-order valence-electron chi connectivity index (χ2n) is 6.23. The normalized spacial score (nSPS) is 10.7. The summed E-state index contributed by atoms with van der Waals surface area (Å²) in [6.07, 6.45) is 6.07. The number of imidazole rings is 1. The number of thiazole rings is 1. The third-order valence-corrected chi connectivity index (χ3v) is 5.78. The van der Waals surface area contributed by atoms with Crippen LogP contribution in [0.25, 0.3) is 10.2 Å². The van der Waals surface area contributed by atoms with E-state index in [2.05, 4.69) is 25.9 Å². The number of benzene rings is 2. The fourth-order valence-electron chi connectivity index (χ4n) is 2.89. The van der Waals surface area contributed by atoms with E-state index < -0.39 is 5.82 Å². The second-order valence-corrected chi connectivity index (χ2v) is 8.15. The first-order chi connectivity index (χ1) is 13.6. The summed E-state index contributed by atoms with van der Waals surface area (Å²) in [5.41, 5.74) is 1.14. The molecule has 0 aliphatic carbocycles. The Labute approximate surface area is 185 Å². The Morgan fingerprint density at radius 3 is 2.86 bits per heavy atom. The molecule has 2 aromatic heterocycles. The second kappa shape index (κ2) is 9.47. The Hall–Kier alpha value is -2.29. The lowest BCUT2D eigenvalue weighted by molar-refractivity contribution is 0.0986. The summed E-state index contributed by atoms with van der Waals surface area (Å²) in [5, 5.41) is 0.605. The number of carbonyl (C=O) groups is 1. The van der Waals surface area contributed by atoms with Gasteiger partial charge in [-0.3, -0.25) is 9.69 Å². The van der Waals surface area contributed by atoms with Crippen molar-refractivity contribution in [3.8, 4) is 0 Å². The van der Waals surface area contributed by atoms with Crippen molar-refractivity contribution in [3.63, 3.8) is 0 Å². The number of nitrogens with zero attached hydrogens (tertiary/aromatic N) is 4. The SMILES string of the molecule is Cl.O=C(c1cccc(F)c1)N(CCCn1ccnc1)c1nc2ccc(Br)cc2s1. The van der Waals surface area contributed by atoms with Crippen molar-refractivity contribution in [2.45, 2.75) is 13.0 Å². The molecule has 1 amide bonds. The van der Waals surface area contributed by atoms with Crippen LogP contribution in [0.15, 0.2) is 65.7 Å². The van der Waals surface area contributed by atoms with E-state index in [0.717, 1.165) is 27.7 Å². The first-order valence-electron chi connectivity index (χ1n) is 8.69. The molecule has 0 aliphatic rings. The molecule has 2 aromatic carbocycles. The highest BCUT2D eigenvalue weighted by molar-refractivity contribution is 9.10. The van der Waals surface area contributed by atoms with Crippen molar-refractivity contribution >= 4 is 60.9 Å². The van der Waals surface area contributed by atoms with Crippen LogP contribution in [-0.4, -0.2) is 27.0 Å². The Bertz CT molecular complexity index is 1120. The lowest BCUT2D eigenvalue weighted by Crippen LogP contribution is -2.32. The van der Waals surface area contributed by atoms with E-state index in [-0.39, 0.29) is 18.3 Å². The van der Waals surface area contributed by atoms with Gasteiger partial charge in [0.15, 0.2) is 5.13 Å². The molecule has 9 heteroatoms. The molecular weight excluding hydrogens is 479 g/mol. The fraction of sp³-hybridized carbons (Fsp3) is 0.150. The maximum absolute atomic E-state index is 13.6. The van der Waals surface area contributed by atoms with Gasteiger partial charge in [0.05, 0.1) is 16.5 Å². The molecule has 0 atom stereocenters. The van der Waals surface area contributed by atoms with Gasteiger partial charge in [-0.1, -0.05) is 33.3 Å². The number of hydrogen-bond donors (Lipinski definition) is 0. The average molecular weight is 496 g/mol. The molecule has 0 radical (unpaired) electrons. The smallest absolute Gasteiger partial charge is 0.260 e. The zero-order valence-corrected chi connectivity index (χ0v) is 18.4. The van der Waals surface area contributed by atoms with Gasteiger partial charge in [-0.15, -0.1) is 12.4 Å². The van der Waals surface area contributed by atoms with E-state index in [1.165, 1.54) is 23.5 Å². The van der Waals surface area contributed by atoms with Crippen LogP contribution in [0.5, 0.6) is 0 Å². The van der Waals surface area contributed by atoms with Crippen molar-refractivity contribution < 1.29 is 9.18 Å². The highest BCUT2D eigenvalue weighted by Crippen LogP contribution is 2.31. The average Bonchev–Trinajstić information content (AvgIpc) is 3.34. The van der Waals surface area contributed by atoms with Crippen molar-refractivity contribution in [3.05, 3.63) is 77.0 Å². The van der Waals surface area contributed by atoms with Gasteiger partial charge in [0.1, 0.15) is 5.82 Å². The number of carbonyl (C=O) groups excluding carboxylic acids is 1. The number of rotatable bonds is 6. The van der Waals surface area contributed by atoms with Gasteiger partial charge in [-0.05, 0) is 42.8 Å². The van der Waals surface area contributed by atoms with Crippen molar-refractivity contribution in [2.75, 3.05) is 11.4 Å². The van der Waals surface area contributed by atoms with E-state index in [1.807, 2.05) is 29.0 Å². The number of anilines is 1. The van der Waals surface area contributed by atoms with Gasteiger partial charge >= 0.3 is 0 Å². The van der Waals surface area contributed by atoms with Crippen LogP contribution in [0, 0.1) is 5.82 Å². The van der Waals surface area contributed by atoms with E-state index in [9.17, 15) is 9.18 Å². The first kappa shape index (κ1) is 21.4. The monoisotopic (exact) mass is 494 g/mol. The summed E-state index contributed by atoms with van der Waals surface area (Å²) in [6, 6.07) is 11.6. The predicted molar refractivity (Wildman–Crippen MR) is 119 cm³/mol. The predicted octanol–water partition coefficient (Wildman–Crippen LogP) is 5.55. The Morgan fingerprint density at radius 2 is 2.10 bits per heavy atom. The maximum Gasteiger partial charge on any atom is 0.260 e. The van der Waals surface area contributed by atoms with Gasteiger partial charge < -0.3 is 4.57 Å². The van der Waals surface area contributed by atoms with Crippen molar-refractivity contribution in [2.24, 2.45) is 0 Å². The lowest BCUT2D eigenvalue weighted by atomic mass is 10.2. The number of aryl methyl sites for hydroxylation is 1. The number of amides is 1. The van der Waals surface area contributed by atoms with Crippen LogP contribution in [0.2, 0.25) is 0 Å². The Kier molecular flexibility index (Phi) is 7.00. The molecule has 0 aliphatic heterocycles. The van der Waals surface area contributed by atoms with Crippen molar-refractivity contribution in [1.82, 2.24) is 14.5 Å². The summed E-state index contributed by atoms with van der Waals surface area (Å²) in [5.74, 6) is -0.694. The maximum atomic E-state index is 13.6. The van der Waals surface area contributed by atoms with Gasteiger partial charge in [0, 0.05) is 35.5 Å². The van der Waals surface area contributed by atoms with E-state index in [1.54, 1.807) is 29.6 Å². The van der Waals surface area contributed by atoms with E-state index >= 15 is 0 Å². The van der Waals surface area contributed by atoms with Gasteiger partial charge in [0.25, 0.3) is 5.91 Å². The molecule has 29 heavy (non-hydrogen) atoms. The molecule has 0 saturated carbocycles. The number of fused-ring (bicyclic) bond motifs is 1. The molecule has 5 nitrogen and oxygen atoms in total. The Morgan fingerprint density at radius 1 is 1.24 bits per heavy atom. The molecule has 4 rings (SSSR count). The van der Waals surface area contributed by atoms with Crippen LogP contribution in [-0.2, 0) is 6.54 Å². The topological polar surface area (TPSA) is 51.0 Å². The van der Waals surface area contributed by atoms with Crippen molar-refractivity contribution in [1.29, 1.82) is 0 Å². The quantitative estimate of drug-likeness (QED) is 0.352. The first-order valence-corrected chi connectivity index (χ1v) is 10.3. The van der Waals surface area contributed by atoms with Crippen LogP contribution in [0.1, 0.15) is 16.8 Å². The molecule has 0 saturated heterocycles. The minimum atomic E-state index is -0.433. The summed E-state index contributed by atoms with van der Waals surface area (Å²) < 4.78 is 17.5. The third-order valence-electron chi connectivity index (χ3n) is 4.24. The van der Waals surface area contributed by atoms with Gasteiger partial charge in [-0.2, -0.15) is 0 Å². The zero-order valence-electron chi connectivity index (χ0n) is 15.2. The number of aromatic nitrogens is 3. The minimum Gasteiger partial charge on any atom is -0.337 e. The lowest BCUT2D eigenvalue weighted by Gasteiger charge is -2.20. The Balaban J connectivity index is 0.00000240. The molecule has 0 bridgehead atoms. The summed E-state index contributed by atoms with van der Waals surface area (Å²) in [7, 11) is 0. The molecule has 0 fully saturated rings. The number of hydrogen-bond acceptors (Lipinski definition) is 4.